The summed E-state index contributed by atoms with van der Waals surface area (Å²) in [4.78, 5) is 34.0. The molecule has 9 rings (SSSR count). The second-order valence-corrected chi connectivity index (χ2v) is 15.9. The Hall–Kier alpha value is -4.83. The van der Waals surface area contributed by atoms with Crippen molar-refractivity contribution in [2.45, 2.75) is 95.2 Å². The van der Waals surface area contributed by atoms with Gasteiger partial charge in [-0.1, -0.05) is 30.2 Å². The van der Waals surface area contributed by atoms with E-state index in [1.807, 2.05) is 31.7 Å². The van der Waals surface area contributed by atoms with E-state index in [0.29, 0.717) is 41.7 Å². The first-order valence-electron chi connectivity index (χ1n) is 18.4. The monoisotopic (exact) mass is 726 g/mol. The molecular formula is C40H41F3N6O4. The van der Waals surface area contributed by atoms with Crippen molar-refractivity contribution in [1.29, 1.82) is 0 Å². The molecule has 2 aromatic carbocycles. The molecule has 1 amide bonds. The van der Waals surface area contributed by atoms with Crippen molar-refractivity contribution in [3.8, 4) is 35.0 Å². The first-order chi connectivity index (χ1) is 25.4. The van der Waals surface area contributed by atoms with Crippen LogP contribution in [0.15, 0.2) is 30.3 Å². The summed E-state index contributed by atoms with van der Waals surface area (Å²) in [6.07, 6.45) is 2.23. The third-order valence-corrected chi connectivity index (χ3v) is 11.5. The fourth-order valence-electron chi connectivity index (χ4n) is 9.35. The second-order valence-electron chi connectivity index (χ2n) is 15.9. The van der Waals surface area contributed by atoms with Crippen LogP contribution >= 0.6 is 0 Å². The maximum Gasteiger partial charge on any atom is 0.410 e. The Labute approximate surface area is 305 Å². The van der Waals surface area contributed by atoms with Gasteiger partial charge in [0.05, 0.1) is 29.2 Å². The minimum absolute atomic E-state index is 0.0397. The maximum atomic E-state index is 17.3. The number of ether oxygens (including phenoxy) is 3. The van der Waals surface area contributed by atoms with Gasteiger partial charge in [-0.15, -0.1) is 5.92 Å². The highest BCUT2D eigenvalue weighted by Gasteiger charge is 2.52. The molecule has 0 unspecified atom stereocenters. The molecule has 0 N–H and O–H groups in total. The van der Waals surface area contributed by atoms with Crippen molar-refractivity contribution in [3.05, 3.63) is 47.5 Å². The number of fused-ring (bicyclic) bond motifs is 7. The molecular weight excluding hydrogens is 685 g/mol. The number of pyridine rings is 1. The molecule has 5 aliphatic rings. The molecule has 4 fully saturated rings. The average Bonchev–Trinajstić information content (AvgIpc) is 3.72. The summed E-state index contributed by atoms with van der Waals surface area (Å²) in [5.74, 6) is 4.90. The third kappa shape index (κ3) is 5.51. The molecule has 5 atom stereocenters. The zero-order valence-corrected chi connectivity index (χ0v) is 30.2. The Morgan fingerprint density at radius 1 is 1.08 bits per heavy atom. The molecule has 2 aromatic heterocycles. The van der Waals surface area contributed by atoms with Gasteiger partial charge in [-0.2, -0.15) is 9.97 Å². The van der Waals surface area contributed by atoms with Crippen molar-refractivity contribution in [2.24, 2.45) is 0 Å². The highest BCUT2D eigenvalue weighted by molar-refractivity contribution is 6.03. The predicted molar refractivity (Wildman–Crippen MR) is 193 cm³/mol. The Bertz CT molecular complexity index is 2240. The summed E-state index contributed by atoms with van der Waals surface area (Å²) in [6.45, 7) is 8.99. The van der Waals surface area contributed by atoms with Crippen LogP contribution in [0.25, 0.3) is 32.9 Å². The van der Waals surface area contributed by atoms with E-state index in [-0.39, 0.29) is 71.5 Å². The van der Waals surface area contributed by atoms with Crippen molar-refractivity contribution >= 4 is 33.6 Å². The predicted octanol–water partition coefficient (Wildman–Crippen LogP) is 6.80. The van der Waals surface area contributed by atoms with Crippen LogP contribution < -0.4 is 14.4 Å². The zero-order valence-electron chi connectivity index (χ0n) is 30.2. The summed E-state index contributed by atoms with van der Waals surface area (Å²) in [7, 11) is 0. The van der Waals surface area contributed by atoms with E-state index in [2.05, 4.69) is 26.6 Å². The molecule has 4 saturated heterocycles. The molecule has 5 aliphatic heterocycles. The molecule has 0 spiro atoms. The molecule has 0 aliphatic carbocycles. The number of carbonyl (C=O) groups excluding carboxylic acids is 1. The first-order valence-corrected chi connectivity index (χ1v) is 18.4. The summed E-state index contributed by atoms with van der Waals surface area (Å²) in [5, 5.41) is 1.38. The van der Waals surface area contributed by atoms with Gasteiger partial charge in [-0.3, -0.25) is 9.80 Å². The van der Waals surface area contributed by atoms with Gasteiger partial charge in [0.25, 0.3) is 0 Å². The lowest BCUT2D eigenvalue weighted by molar-refractivity contribution is 0.00538. The Kier molecular flexibility index (Phi) is 7.93. The lowest BCUT2D eigenvalue weighted by Gasteiger charge is -2.46. The molecule has 7 heterocycles. The summed E-state index contributed by atoms with van der Waals surface area (Å²) in [6, 6.07) is 7.40. The first kappa shape index (κ1) is 34.0. The Morgan fingerprint density at radius 3 is 2.74 bits per heavy atom. The van der Waals surface area contributed by atoms with E-state index >= 15 is 8.78 Å². The van der Waals surface area contributed by atoms with Gasteiger partial charge in [0.2, 0.25) is 5.88 Å². The lowest BCUT2D eigenvalue weighted by Crippen LogP contribution is -2.63. The summed E-state index contributed by atoms with van der Waals surface area (Å²) < 4.78 is 65.9. The highest BCUT2D eigenvalue weighted by atomic mass is 19.1. The number of alkyl halides is 1. The minimum Gasteiger partial charge on any atom is -0.475 e. The highest BCUT2D eigenvalue weighted by Crippen LogP contribution is 2.47. The number of rotatable bonds is 4. The summed E-state index contributed by atoms with van der Waals surface area (Å²) >= 11 is 0. The van der Waals surface area contributed by atoms with E-state index in [9.17, 15) is 9.18 Å². The van der Waals surface area contributed by atoms with Crippen LogP contribution in [0.5, 0.6) is 11.9 Å². The lowest BCUT2D eigenvalue weighted by atomic mass is 9.95. The number of piperazine rings is 1. The van der Waals surface area contributed by atoms with Crippen LogP contribution in [-0.2, 0) is 4.74 Å². The van der Waals surface area contributed by atoms with E-state index in [1.54, 1.807) is 25.1 Å². The van der Waals surface area contributed by atoms with Crippen molar-refractivity contribution in [3.63, 3.8) is 0 Å². The standard InChI is InChI=1S/C40H41F3N6O4/c1-5-8-25-27(42)13-11-22-9-6-10-26(30(22)25)33-32(43)34-31-35(46-37(45-34)52-21-40-15-7-16-47(40)18-23(41)17-40)48-19-24-12-14-28(29(48)20-51-36(31)44-33)49(24)38(50)53-39(2,3)4/h6,9-11,13,23-24,28-29H,7,12,14-21H2,1-4H3/t23-,24-,28+,29-,40+/m1/s1. The second kappa shape index (κ2) is 12.4. The van der Waals surface area contributed by atoms with Gasteiger partial charge >= 0.3 is 12.1 Å². The molecule has 0 saturated carbocycles. The molecule has 276 valence electrons. The van der Waals surface area contributed by atoms with Crippen molar-refractivity contribution < 1.29 is 32.2 Å². The molecule has 13 heteroatoms. The quantitative estimate of drug-likeness (QED) is 0.211. The van der Waals surface area contributed by atoms with Crippen LogP contribution in [0, 0.1) is 23.5 Å². The number of anilines is 1. The number of carbonyl (C=O) groups is 1. The molecule has 2 bridgehead atoms. The number of hydrogen-bond acceptors (Lipinski definition) is 9. The van der Waals surface area contributed by atoms with Gasteiger partial charge in [0.15, 0.2) is 5.82 Å². The topological polar surface area (TPSA) is 93.2 Å². The maximum absolute atomic E-state index is 17.3. The number of benzene rings is 2. The fourth-order valence-corrected chi connectivity index (χ4v) is 9.35. The van der Waals surface area contributed by atoms with E-state index in [1.165, 1.54) is 6.07 Å². The third-order valence-electron chi connectivity index (χ3n) is 11.5. The largest absolute Gasteiger partial charge is 0.475 e. The van der Waals surface area contributed by atoms with Crippen LogP contribution in [0.3, 0.4) is 0 Å². The fraction of sp³-hybridized carbons (Fsp3) is 0.500. The van der Waals surface area contributed by atoms with E-state index in [0.717, 1.165) is 32.2 Å². The van der Waals surface area contributed by atoms with Crippen molar-refractivity contribution in [2.75, 3.05) is 37.7 Å². The Morgan fingerprint density at radius 2 is 1.92 bits per heavy atom. The normalized spacial score (nSPS) is 26.2. The zero-order chi connectivity index (χ0) is 36.8. The number of nitrogens with zero attached hydrogens (tertiary/aromatic N) is 6. The van der Waals surface area contributed by atoms with Crippen molar-refractivity contribution in [1.82, 2.24) is 24.8 Å². The van der Waals surface area contributed by atoms with Gasteiger partial charge in [-0.25, -0.2) is 22.9 Å². The van der Waals surface area contributed by atoms with Gasteiger partial charge < -0.3 is 19.1 Å². The van der Waals surface area contributed by atoms with Gasteiger partial charge in [0, 0.05) is 30.5 Å². The van der Waals surface area contributed by atoms with Crippen LogP contribution in [-0.4, -0.2) is 99.1 Å². The van der Waals surface area contributed by atoms with E-state index in [4.69, 9.17) is 24.2 Å². The summed E-state index contributed by atoms with van der Waals surface area (Å²) in [5.41, 5.74) is -0.812. The smallest absolute Gasteiger partial charge is 0.410 e. The van der Waals surface area contributed by atoms with Gasteiger partial charge in [0.1, 0.15) is 53.2 Å². The van der Waals surface area contributed by atoms with Gasteiger partial charge in [-0.05, 0) is 71.4 Å². The molecule has 4 aromatic rings. The van der Waals surface area contributed by atoms with E-state index < -0.39 is 28.9 Å². The van der Waals surface area contributed by atoms with Crippen LogP contribution in [0.2, 0.25) is 0 Å². The molecule has 10 nitrogen and oxygen atoms in total. The number of halogens is 3. The molecule has 53 heavy (non-hydrogen) atoms. The SMILES string of the molecule is CC#Cc1c(F)ccc2cccc(-c3nc4c5c(nc(OC[C@@]67CCCN6C[C@H](F)C7)nc5c3F)N3C[C@H]5CC[C@@H]([C@H]3CO4)N5C(=O)OC(C)(C)C)c12. The molecule has 0 radical (unpaired) electrons. The van der Waals surface area contributed by atoms with Crippen LogP contribution in [0.4, 0.5) is 23.8 Å². The number of amides is 1. The number of hydrogen-bond donors (Lipinski definition) is 0. The van der Waals surface area contributed by atoms with Crippen LogP contribution in [0.1, 0.15) is 65.4 Å². The average molecular weight is 727 g/mol. The Balaban J connectivity index is 1.20. The minimum atomic E-state index is -0.947. The number of aromatic nitrogens is 3.